The van der Waals surface area contributed by atoms with Crippen molar-refractivity contribution >= 4 is 19.5 Å². The SMILES string of the molecule is CCCCCCCCCCCCC(=O)NC(C)(COP(=O)(O)C[C@H](O)C[C@H]1N[C@H](CO)[C@@H](O)[C@@H]1O)C(=O)O. The van der Waals surface area contributed by atoms with Crippen LogP contribution in [0.25, 0.3) is 0 Å². The van der Waals surface area contributed by atoms with Gasteiger partial charge in [-0.1, -0.05) is 64.7 Å². The van der Waals surface area contributed by atoms with Gasteiger partial charge in [0.25, 0.3) is 0 Å². The van der Waals surface area contributed by atoms with Crippen LogP contribution >= 0.6 is 7.60 Å². The first-order valence-electron chi connectivity index (χ1n) is 13.8. The fourth-order valence-electron chi connectivity index (χ4n) is 4.53. The van der Waals surface area contributed by atoms with Gasteiger partial charge < -0.3 is 45.6 Å². The van der Waals surface area contributed by atoms with Crippen LogP contribution in [0.5, 0.6) is 0 Å². The number of carboxylic acids is 1. The number of aliphatic hydroxyl groups excluding tert-OH is 4. The Hall–Kier alpha value is -1.11. The standard InChI is InChI=1S/C25H49N2O10P/c1-3-4-5-6-7-8-9-10-11-12-13-21(30)27-25(2,24(33)34)17-37-38(35,36)16-18(29)14-19-22(31)23(32)20(15-28)26-19/h18-20,22-23,26,28-29,31-32H,3-17H2,1-2H3,(H,27,30)(H,33,34)(H,35,36)/t18-,19-,20-,22-,23-,25?/m1/s1. The molecule has 224 valence electrons. The van der Waals surface area contributed by atoms with Gasteiger partial charge in [0, 0.05) is 12.5 Å². The second kappa shape index (κ2) is 17.6. The second-order valence-corrected chi connectivity index (χ2v) is 12.5. The number of hydrogen-bond donors (Lipinski definition) is 8. The maximum Gasteiger partial charge on any atom is 0.331 e. The van der Waals surface area contributed by atoms with Gasteiger partial charge in [-0.3, -0.25) is 9.36 Å². The van der Waals surface area contributed by atoms with E-state index in [9.17, 15) is 44.6 Å². The second-order valence-electron chi connectivity index (χ2n) is 10.6. The van der Waals surface area contributed by atoms with Crippen molar-refractivity contribution in [3.05, 3.63) is 0 Å². The summed E-state index contributed by atoms with van der Waals surface area (Å²) in [5.41, 5.74) is -1.94. The first-order valence-corrected chi connectivity index (χ1v) is 15.5. The fourth-order valence-corrected chi connectivity index (χ4v) is 5.77. The number of rotatable bonds is 21. The first kappa shape index (κ1) is 34.9. The fraction of sp³-hybridized carbons (Fsp3) is 0.920. The third-order valence-electron chi connectivity index (χ3n) is 6.97. The van der Waals surface area contributed by atoms with E-state index in [-0.39, 0.29) is 12.8 Å². The smallest absolute Gasteiger partial charge is 0.331 e. The number of nitrogens with one attached hydrogen (secondary N) is 2. The van der Waals surface area contributed by atoms with Crippen LogP contribution in [0.3, 0.4) is 0 Å². The van der Waals surface area contributed by atoms with Gasteiger partial charge in [-0.25, -0.2) is 4.79 Å². The maximum atomic E-state index is 12.5. The predicted molar refractivity (Wildman–Crippen MR) is 142 cm³/mol. The van der Waals surface area contributed by atoms with Crippen molar-refractivity contribution in [2.24, 2.45) is 0 Å². The highest BCUT2D eigenvalue weighted by Gasteiger charge is 2.42. The molecule has 7 atom stereocenters. The van der Waals surface area contributed by atoms with Gasteiger partial charge in [-0.15, -0.1) is 0 Å². The van der Waals surface area contributed by atoms with Gasteiger partial charge in [0.2, 0.25) is 5.91 Å². The topological polar surface area (TPSA) is 206 Å². The van der Waals surface area contributed by atoms with E-state index < -0.39 is 74.8 Å². The van der Waals surface area contributed by atoms with Crippen LogP contribution in [-0.2, 0) is 18.7 Å². The molecule has 0 aromatic rings. The Kier molecular flexibility index (Phi) is 16.1. The zero-order valence-corrected chi connectivity index (χ0v) is 23.7. The molecule has 1 rings (SSSR count). The Bertz CT molecular complexity index is 758. The summed E-state index contributed by atoms with van der Waals surface area (Å²) in [5.74, 6) is -1.93. The average Bonchev–Trinajstić information content (AvgIpc) is 3.11. The van der Waals surface area contributed by atoms with Gasteiger partial charge in [0.15, 0.2) is 5.54 Å². The summed E-state index contributed by atoms with van der Waals surface area (Å²) in [4.78, 5) is 34.3. The van der Waals surface area contributed by atoms with Gasteiger partial charge in [0.1, 0.15) is 0 Å². The molecule has 13 heteroatoms. The van der Waals surface area contributed by atoms with E-state index in [1.54, 1.807) is 0 Å². The maximum absolute atomic E-state index is 12.5. The van der Waals surface area contributed by atoms with E-state index in [2.05, 4.69) is 17.6 Å². The number of aliphatic hydroxyl groups is 4. The van der Waals surface area contributed by atoms with Crippen molar-refractivity contribution < 1.29 is 49.1 Å². The van der Waals surface area contributed by atoms with Crippen molar-refractivity contribution in [1.82, 2.24) is 10.6 Å². The summed E-state index contributed by atoms with van der Waals surface area (Å²) >= 11 is 0. The molecule has 0 spiro atoms. The van der Waals surface area contributed by atoms with E-state index in [4.69, 9.17) is 4.52 Å². The minimum atomic E-state index is -4.47. The van der Waals surface area contributed by atoms with Crippen LogP contribution in [0.2, 0.25) is 0 Å². The minimum absolute atomic E-state index is 0.131. The van der Waals surface area contributed by atoms with Gasteiger partial charge in [-0.05, 0) is 19.8 Å². The molecule has 1 aliphatic rings. The van der Waals surface area contributed by atoms with Crippen molar-refractivity contribution in [1.29, 1.82) is 0 Å². The van der Waals surface area contributed by atoms with Crippen LogP contribution in [0.1, 0.15) is 90.9 Å². The van der Waals surface area contributed by atoms with Crippen molar-refractivity contribution in [3.63, 3.8) is 0 Å². The number of carboxylic acid groups (broad SMARTS) is 1. The van der Waals surface area contributed by atoms with Crippen molar-refractivity contribution in [2.75, 3.05) is 19.4 Å². The summed E-state index contributed by atoms with van der Waals surface area (Å²) < 4.78 is 17.5. The monoisotopic (exact) mass is 568 g/mol. The number of aliphatic carboxylic acids is 1. The van der Waals surface area contributed by atoms with Crippen LogP contribution in [-0.4, -0.2) is 97.6 Å². The highest BCUT2D eigenvalue weighted by atomic mass is 31.2. The Morgan fingerprint density at radius 1 is 1.00 bits per heavy atom. The number of carbonyl (C=O) groups excluding carboxylic acids is 1. The summed E-state index contributed by atoms with van der Waals surface area (Å²) in [6, 6.07) is -1.62. The third kappa shape index (κ3) is 12.8. The molecular weight excluding hydrogens is 519 g/mol. The lowest BCUT2D eigenvalue weighted by Gasteiger charge is -2.28. The number of hydrogen-bond acceptors (Lipinski definition) is 9. The summed E-state index contributed by atoms with van der Waals surface area (Å²) in [7, 11) is -4.47. The molecule has 0 aromatic carbocycles. The molecule has 2 unspecified atom stereocenters. The highest BCUT2D eigenvalue weighted by molar-refractivity contribution is 7.52. The van der Waals surface area contributed by atoms with Crippen LogP contribution in [0.15, 0.2) is 0 Å². The molecular formula is C25H49N2O10P. The zero-order valence-electron chi connectivity index (χ0n) is 22.8. The van der Waals surface area contributed by atoms with E-state index in [1.807, 2.05) is 0 Å². The Balaban J connectivity index is 2.40. The molecule has 0 radical (unpaired) electrons. The van der Waals surface area contributed by atoms with Crippen molar-refractivity contribution in [2.45, 2.75) is 127 Å². The normalized spacial score (nSPS) is 25.4. The molecule has 1 heterocycles. The van der Waals surface area contributed by atoms with Gasteiger partial charge in [0.05, 0.1) is 43.7 Å². The quantitative estimate of drug-likeness (QED) is 0.0731. The first-order chi connectivity index (χ1) is 17.8. The molecule has 0 saturated carbocycles. The Morgan fingerprint density at radius 3 is 2.03 bits per heavy atom. The molecule has 8 N–H and O–H groups in total. The van der Waals surface area contributed by atoms with Crippen LogP contribution < -0.4 is 10.6 Å². The number of carbonyl (C=O) groups is 2. The lowest BCUT2D eigenvalue weighted by Crippen LogP contribution is -2.55. The molecule has 1 saturated heterocycles. The third-order valence-corrected chi connectivity index (χ3v) is 8.38. The van der Waals surface area contributed by atoms with E-state index in [0.717, 1.165) is 19.3 Å². The summed E-state index contributed by atoms with van der Waals surface area (Å²) in [6.07, 6.45) is 6.17. The number of unbranched alkanes of at least 4 members (excludes halogenated alkanes) is 9. The Morgan fingerprint density at radius 2 is 1.53 bits per heavy atom. The van der Waals surface area contributed by atoms with E-state index >= 15 is 0 Å². The molecule has 1 fully saturated rings. The predicted octanol–water partition coefficient (Wildman–Crippen LogP) is 1.26. The molecule has 12 nitrogen and oxygen atoms in total. The largest absolute Gasteiger partial charge is 0.479 e. The van der Waals surface area contributed by atoms with E-state index in [0.29, 0.717) is 6.42 Å². The van der Waals surface area contributed by atoms with E-state index in [1.165, 1.54) is 45.4 Å². The summed E-state index contributed by atoms with van der Waals surface area (Å²) in [5, 5.41) is 54.0. The zero-order chi connectivity index (χ0) is 28.8. The molecule has 0 aromatic heterocycles. The molecule has 0 bridgehead atoms. The van der Waals surface area contributed by atoms with Crippen molar-refractivity contribution in [3.8, 4) is 0 Å². The molecule has 0 aliphatic carbocycles. The lowest BCUT2D eigenvalue weighted by molar-refractivity contribution is -0.148. The number of amides is 1. The molecule has 38 heavy (non-hydrogen) atoms. The Labute approximate surface area is 225 Å². The molecule has 1 amide bonds. The molecule has 1 aliphatic heterocycles. The van der Waals surface area contributed by atoms with Crippen LogP contribution in [0.4, 0.5) is 0 Å². The average molecular weight is 569 g/mol. The van der Waals surface area contributed by atoms with Gasteiger partial charge >= 0.3 is 13.6 Å². The lowest BCUT2D eigenvalue weighted by atomic mass is 10.0. The highest BCUT2D eigenvalue weighted by Crippen LogP contribution is 2.44. The van der Waals surface area contributed by atoms with Crippen LogP contribution in [0, 0.1) is 0 Å². The summed E-state index contributed by atoms with van der Waals surface area (Å²) in [6.45, 7) is 2.14. The van der Waals surface area contributed by atoms with Gasteiger partial charge in [-0.2, -0.15) is 0 Å². The minimum Gasteiger partial charge on any atom is -0.479 e.